The molecule has 0 bridgehead atoms. The number of sulfonamides is 1. The predicted molar refractivity (Wildman–Crippen MR) is 71.8 cm³/mol. The summed E-state index contributed by atoms with van der Waals surface area (Å²) in [6, 6.07) is 0. The highest BCUT2D eigenvalue weighted by Crippen LogP contribution is 2.22. The molecule has 0 aliphatic rings. The molecule has 118 valence electrons. The first-order valence-corrected chi connectivity index (χ1v) is 7.21. The summed E-state index contributed by atoms with van der Waals surface area (Å²) in [4.78, 5) is 0. The Kier molecular flexibility index (Phi) is 8.57. The first-order valence-electron chi connectivity index (χ1n) is 5.60. The fourth-order valence-electron chi connectivity index (χ4n) is 1.38. The molecule has 0 aromatic carbocycles. The predicted octanol–water partition coefficient (Wildman–Crippen LogP) is 2.00. The van der Waals surface area contributed by atoms with E-state index in [4.69, 9.17) is 5.73 Å². The van der Waals surface area contributed by atoms with Crippen LogP contribution >= 0.6 is 12.4 Å². The van der Waals surface area contributed by atoms with Crippen molar-refractivity contribution in [1.29, 1.82) is 0 Å². The van der Waals surface area contributed by atoms with Gasteiger partial charge in [0.1, 0.15) is 0 Å². The van der Waals surface area contributed by atoms with Crippen LogP contribution in [0.5, 0.6) is 0 Å². The Hall–Kier alpha value is -0.0500. The van der Waals surface area contributed by atoms with E-state index < -0.39 is 40.2 Å². The van der Waals surface area contributed by atoms with Crippen molar-refractivity contribution < 1.29 is 21.6 Å². The van der Waals surface area contributed by atoms with Gasteiger partial charge in [-0.2, -0.15) is 13.2 Å². The van der Waals surface area contributed by atoms with Crippen molar-refractivity contribution in [1.82, 2.24) is 4.31 Å². The first kappa shape index (κ1) is 21.3. The maximum atomic E-state index is 11.9. The SMILES string of the molecule is CN(CC(C)(C)CN)S(=O)(=O)CCCC(F)(F)F.Cl. The van der Waals surface area contributed by atoms with E-state index in [0.29, 0.717) is 6.54 Å². The molecule has 4 nitrogen and oxygen atoms in total. The van der Waals surface area contributed by atoms with Crippen LogP contribution in [0.25, 0.3) is 0 Å². The van der Waals surface area contributed by atoms with Crippen LogP contribution < -0.4 is 5.73 Å². The number of nitrogens with two attached hydrogens (primary N) is 1. The summed E-state index contributed by atoms with van der Waals surface area (Å²) >= 11 is 0. The Morgan fingerprint density at radius 2 is 1.68 bits per heavy atom. The minimum Gasteiger partial charge on any atom is -0.330 e. The monoisotopic (exact) mass is 326 g/mol. The lowest BCUT2D eigenvalue weighted by Crippen LogP contribution is -2.40. The Bertz CT molecular complexity index is 358. The average Bonchev–Trinajstić information content (AvgIpc) is 2.14. The maximum absolute atomic E-state index is 11.9. The minimum atomic E-state index is -4.31. The van der Waals surface area contributed by atoms with Gasteiger partial charge >= 0.3 is 6.18 Å². The molecular weight excluding hydrogens is 305 g/mol. The summed E-state index contributed by atoms with van der Waals surface area (Å²) in [7, 11) is -2.29. The molecular formula is C10H22ClF3N2O2S. The molecule has 0 spiro atoms. The molecule has 0 amide bonds. The molecule has 0 heterocycles. The Labute approximate surface area is 119 Å². The molecule has 19 heavy (non-hydrogen) atoms. The van der Waals surface area contributed by atoms with Gasteiger partial charge in [-0.3, -0.25) is 0 Å². The highest BCUT2D eigenvalue weighted by molar-refractivity contribution is 7.89. The van der Waals surface area contributed by atoms with Crippen molar-refractivity contribution in [2.45, 2.75) is 32.9 Å². The van der Waals surface area contributed by atoms with Crippen LogP contribution in [0.1, 0.15) is 26.7 Å². The molecule has 0 atom stereocenters. The zero-order valence-electron chi connectivity index (χ0n) is 11.3. The van der Waals surface area contributed by atoms with Gasteiger partial charge in [-0.25, -0.2) is 12.7 Å². The Morgan fingerprint density at radius 1 is 1.21 bits per heavy atom. The number of alkyl halides is 3. The Morgan fingerprint density at radius 3 is 2.05 bits per heavy atom. The van der Waals surface area contributed by atoms with Crippen molar-refractivity contribution in [3.63, 3.8) is 0 Å². The van der Waals surface area contributed by atoms with Crippen LogP contribution in [0, 0.1) is 5.41 Å². The minimum absolute atomic E-state index is 0. The summed E-state index contributed by atoms with van der Waals surface area (Å²) in [6.45, 7) is 4.09. The van der Waals surface area contributed by atoms with E-state index >= 15 is 0 Å². The second-order valence-corrected chi connectivity index (χ2v) is 7.35. The smallest absolute Gasteiger partial charge is 0.330 e. The quantitative estimate of drug-likeness (QED) is 0.778. The van der Waals surface area contributed by atoms with Gasteiger partial charge in [-0.1, -0.05) is 13.8 Å². The van der Waals surface area contributed by atoms with E-state index in [1.807, 2.05) is 0 Å². The Balaban J connectivity index is 0. The number of nitrogens with zero attached hydrogens (tertiary/aromatic N) is 1. The van der Waals surface area contributed by atoms with Crippen molar-refractivity contribution in [2.24, 2.45) is 11.1 Å². The topological polar surface area (TPSA) is 63.4 Å². The lowest BCUT2D eigenvalue weighted by atomic mass is 9.94. The molecule has 0 unspecified atom stereocenters. The van der Waals surface area contributed by atoms with Gasteiger partial charge < -0.3 is 5.73 Å². The highest BCUT2D eigenvalue weighted by Gasteiger charge is 2.29. The van der Waals surface area contributed by atoms with Crippen LogP contribution in [-0.2, 0) is 10.0 Å². The summed E-state index contributed by atoms with van der Waals surface area (Å²) in [5.41, 5.74) is 5.09. The van der Waals surface area contributed by atoms with Crippen LogP contribution in [0.3, 0.4) is 0 Å². The van der Waals surface area contributed by atoms with Crippen LogP contribution in [0.2, 0.25) is 0 Å². The van der Waals surface area contributed by atoms with Gasteiger partial charge in [0.25, 0.3) is 0 Å². The van der Waals surface area contributed by atoms with Crippen molar-refractivity contribution in [2.75, 3.05) is 25.9 Å². The van der Waals surface area contributed by atoms with E-state index in [-0.39, 0.29) is 19.0 Å². The third-order valence-electron chi connectivity index (χ3n) is 2.54. The van der Waals surface area contributed by atoms with E-state index in [1.165, 1.54) is 7.05 Å². The number of hydrogen-bond donors (Lipinski definition) is 1. The zero-order valence-corrected chi connectivity index (χ0v) is 13.0. The number of rotatable bonds is 7. The normalized spacial score (nSPS) is 13.5. The van der Waals surface area contributed by atoms with Crippen molar-refractivity contribution in [3.05, 3.63) is 0 Å². The van der Waals surface area contributed by atoms with Crippen molar-refractivity contribution in [3.8, 4) is 0 Å². The standard InChI is InChI=1S/C10H21F3N2O2S.ClH/c1-9(2,7-14)8-15(3)18(16,17)6-4-5-10(11,12)13;/h4-8,14H2,1-3H3;1H. The summed E-state index contributed by atoms with van der Waals surface area (Å²) in [5, 5.41) is 0. The van der Waals surface area contributed by atoms with Gasteiger partial charge in [0, 0.05) is 20.0 Å². The summed E-state index contributed by atoms with van der Waals surface area (Å²) in [5.74, 6) is -0.496. The molecule has 0 rings (SSSR count). The van der Waals surface area contributed by atoms with Gasteiger partial charge in [0.05, 0.1) is 5.75 Å². The molecule has 2 N–H and O–H groups in total. The largest absolute Gasteiger partial charge is 0.389 e. The van der Waals surface area contributed by atoms with Gasteiger partial charge in [-0.15, -0.1) is 12.4 Å². The molecule has 0 aromatic heterocycles. The third-order valence-corrected chi connectivity index (χ3v) is 4.42. The third kappa shape index (κ3) is 9.48. The molecule has 0 fully saturated rings. The second kappa shape index (κ2) is 7.66. The van der Waals surface area contributed by atoms with E-state index in [9.17, 15) is 21.6 Å². The van der Waals surface area contributed by atoms with Crippen LogP contribution in [0.15, 0.2) is 0 Å². The van der Waals surface area contributed by atoms with E-state index in [0.717, 1.165) is 4.31 Å². The molecule has 0 radical (unpaired) electrons. The molecule has 0 aromatic rings. The van der Waals surface area contributed by atoms with Crippen LogP contribution in [-0.4, -0.2) is 44.8 Å². The number of hydrogen-bond acceptors (Lipinski definition) is 3. The lowest BCUT2D eigenvalue weighted by Gasteiger charge is -2.28. The first-order chi connectivity index (χ1) is 7.90. The van der Waals surface area contributed by atoms with Gasteiger partial charge in [-0.05, 0) is 18.4 Å². The lowest BCUT2D eigenvalue weighted by molar-refractivity contribution is -0.134. The molecule has 9 heteroatoms. The second-order valence-electron chi connectivity index (χ2n) is 5.16. The molecule has 0 aliphatic carbocycles. The van der Waals surface area contributed by atoms with Gasteiger partial charge in [0.15, 0.2) is 0 Å². The van der Waals surface area contributed by atoms with Gasteiger partial charge in [0.2, 0.25) is 10.0 Å². The molecule has 0 aliphatic heterocycles. The summed E-state index contributed by atoms with van der Waals surface area (Å²) in [6.07, 6.45) is -5.82. The fourth-order valence-corrected chi connectivity index (χ4v) is 2.74. The fraction of sp³-hybridized carbons (Fsp3) is 1.00. The summed E-state index contributed by atoms with van der Waals surface area (Å²) < 4.78 is 60.3. The molecule has 0 saturated heterocycles. The van der Waals surface area contributed by atoms with Crippen molar-refractivity contribution >= 4 is 22.4 Å². The van der Waals surface area contributed by atoms with E-state index in [1.54, 1.807) is 13.8 Å². The van der Waals surface area contributed by atoms with Crippen LogP contribution in [0.4, 0.5) is 13.2 Å². The van der Waals surface area contributed by atoms with E-state index in [2.05, 4.69) is 0 Å². The average molecular weight is 327 g/mol. The number of halogens is 4. The zero-order chi connectivity index (χ0) is 14.6. The highest BCUT2D eigenvalue weighted by atomic mass is 35.5. The maximum Gasteiger partial charge on any atom is 0.389 e. The molecule has 0 saturated carbocycles.